The lowest BCUT2D eigenvalue weighted by atomic mass is 10.1. The second-order valence-electron chi connectivity index (χ2n) is 3.19. The standard InChI is InChI=1S/C11H10BrFN2O/c1-2-8(6-14)15-11(16)9-4-3-7(12)5-10(9)13/h3-5,8H,2H2,1H3,(H,15,16). The van der Waals surface area contributed by atoms with Crippen molar-refractivity contribution in [3.05, 3.63) is 34.1 Å². The molecule has 1 aromatic rings. The minimum atomic E-state index is -0.611. The Kier molecular flexibility index (Phi) is 4.44. The van der Waals surface area contributed by atoms with Gasteiger partial charge in [0.2, 0.25) is 0 Å². The van der Waals surface area contributed by atoms with Gasteiger partial charge in [0.05, 0.1) is 11.6 Å². The Bertz CT molecular complexity index is 442. The quantitative estimate of drug-likeness (QED) is 0.928. The molecular formula is C11H10BrFN2O. The van der Waals surface area contributed by atoms with E-state index in [9.17, 15) is 9.18 Å². The van der Waals surface area contributed by atoms with Crippen molar-refractivity contribution in [2.24, 2.45) is 0 Å². The molecule has 1 unspecified atom stereocenters. The monoisotopic (exact) mass is 284 g/mol. The van der Waals surface area contributed by atoms with Crippen molar-refractivity contribution in [2.45, 2.75) is 19.4 Å². The fraction of sp³-hybridized carbons (Fsp3) is 0.273. The third kappa shape index (κ3) is 3.04. The first kappa shape index (κ1) is 12.7. The van der Waals surface area contributed by atoms with E-state index in [1.807, 2.05) is 6.07 Å². The van der Waals surface area contributed by atoms with Crippen molar-refractivity contribution in [3.8, 4) is 6.07 Å². The van der Waals surface area contributed by atoms with Gasteiger partial charge in [0, 0.05) is 4.47 Å². The highest BCUT2D eigenvalue weighted by atomic mass is 79.9. The van der Waals surface area contributed by atoms with Gasteiger partial charge in [-0.05, 0) is 24.6 Å². The number of amides is 1. The zero-order chi connectivity index (χ0) is 12.1. The zero-order valence-corrected chi connectivity index (χ0v) is 10.2. The molecule has 16 heavy (non-hydrogen) atoms. The summed E-state index contributed by atoms with van der Waals surface area (Å²) in [4.78, 5) is 11.6. The lowest BCUT2D eigenvalue weighted by molar-refractivity contribution is 0.0940. The van der Waals surface area contributed by atoms with Gasteiger partial charge in [-0.2, -0.15) is 5.26 Å². The highest BCUT2D eigenvalue weighted by Crippen LogP contribution is 2.15. The number of rotatable bonds is 3. The molecule has 5 heteroatoms. The summed E-state index contributed by atoms with van der Waals surface area (Å²) in [6, 6.07) is 5.49. The molecule has 0 aliphatic heterocycles. The minimum absolute atomic E-state index is 0.0584. The highest BCUT2D eigenvalue weighted by Gasteiger charge is 2.15. The number of nitrogens with zero attached hydrogens (tertiary/aromatic N) is 1. The number of nitriles is 1. The van der Waals surface area contributed by atoms with Crippen LogP contribution in [-0.2, 0) is 0 Å². The third-order valence-corrected chi connectivity index (χ3v) is 2.54. The van der Waals surface area contributed by atoms with E-state index < -0.39 is 17.8 Å². The molecule has 0 radical (unpaired) electrons. The Hall–Kier alpha value is -1.41. The molecule has 0 heterocycles. The topological polar surface area (TPSA) is 52.9 Å². The molecule has 0 spiro atoms. The summed E-state index contributed by atoms with van der Waals surface area (Å²) in [5, 5.41) is 11.1. The van der Waals surface area contributed by atoms with Crippen LogP contribution in [-0.4, -0.2) is 11.9 Å². The molecule has 3 nitrogen and oxygen atoms in total. The Morgan fingerprint density at radius 2 is 2.38 bits per heavy atom. The van der Waals surface area contributed by atoms with Crippen LogP contribution < -0.4 is 5.32 Å². The van der Waals surface area contributed by atoms with Crippen LogP contribution in [0.3, 0.4) is 0 Å². The van der Waals surface area contributed by atoms with Gasteiger partial charge in [0.1, 0.15) is 11.9 Å². The van der Waals surface area contributed by atoms with Gasteiger partial charge in [-0.15, -0.1) is 0 Å². The average molecular weight is 285 g/mol. The summed E-state index contributed by atoms with van der Waals surface area (Å²) < 4.78 is 13.9. The second-order valence-corrected chi connectivity index (χ2v) is 4.10. The van der Waals surface area contributed by atoms with E-state index in [1.54, 1.807) is 13.0 Å². The van der Waals surface area contributed by atoms with Crippen molar-refractivity contribution < 1.29 is 9.18 Å². The first-order valence-electron chi connectivity index (χ1n) is 4.74. The summed E-state index contributed by atoms with van der Waals surface area (Å²) >= 11 is 3.10. The SMILES string of the molecule is CCC(C#N)NC(=O)c1ccc(Br)cc1F. The molecule has 1 rings (SSSR count). The maximum atomic E-state index is 13.4. The molecule has 0 saturated carbocycles. The molecule has 0 aliphatic rings. The van der Waals surface area contributed by atoms with Crippen LogP contribution in [0.4, 0.5) is 4.39 Å². The molecule has 1 aromatic carbocycles. The van der Waals surface area contributed by atoms with Crippen LogP contribution in [0.5, 0.6) is 0 Å². The molecule has 0 fully saturated rings. The van der Waals surface area contributed by atoms with Crippen LogP contribution >= 0.6 is 15.9 Å². The smallest absolute Gasteiger partial charge is 0.255 e. The van der Waals surface area contributed by atoms with Gasteiger partial charge in [-0.25, -0.2) is 4.39 Å². The molecule has 0 aromatic heterocycles. The lowest BCUT2D eigenvalue weighted by Crippen LogP contribution is -2.33. The molecule has 0 aliphatic carbocycles. The van der Waals surface area contributed by atoms with Crippen LogP contribution in [0.15, 0.2) is 22.7 Å². The predicted molar refractivity (Wildman–Crippen MR) is 61.3 cm³/mol. The number of hydrogen-bond acceptors (Lipinski definition) is 2. The fourth-order valence-electron chi connectivity index (χ4n) is 1.14. The zero-order valence-electron chi connectivity index (χ0n) is 8.63. The first-order valence-corrected chi connectivity index (χ1v) is 5.53. The van der Waals surface area contributed by atoms with Crippen LogP contribution in [0.2, 0.25) is 0 Å². The molecule has 1 N–H and O–H groups in total. The number of carbonyl (C=O) groups excluding carboxylic acids is 1. The number of benzene rings is 1. The predicted octanol–water partition coefficient (Wildman–Crippen LogP) is 2.62. The van der Waals surface area contributed by atoms with Crippen LogP contribution in [0, 0.1) is 17.1 Å². The third-order valence-electron chi connectivity index (χ3n) is 2.05. The fourth-order valence-corrected chi connectivity index (χ4v) is 1.47. The summed E-state index contributed by atoms with van der Waals surface area (Å²) in [7, 11) is 0. The molecule has 1 atom stereocenters. The molecular weight excluding hydrogens is 275 g/mol. The van der Waals surface area contributed by atoms with Crippen molar-refractivity contribution in [2.75, 3.05) is 0 Å². The van der Waals surface area contributed by atoms with E-state index in [-0.39, 0.29) is 5.56 Å². The van der Waals surface area contributed by atoms with E-state index in [0.29, 0.717) is 10.9 Å². The molecule has 84 valence electrons. The Labute approximate surface area is 101 Å². The summed E-state index contributed by atoms with van der Waals surface area (Å²) in [5.41, 5.74) is -0.0584. The number of carbonyl (C=O) groups is 1. The normalized spacial score (nSPS) is 11.6. The van der Waals surface area contributed by atoms with Gasteiger partial charge in [0.25, 0.3) is 5.91 Å². The van der Waals surface area contributed by atoms with Gasteiger partial charge in [-0.1, -0.05) is 22.9 Å². The average Bonchev–Trinajstić information content (AvgIpc) is 2.25. The van der Waals surface area contributed by atoms with Gasteiger partial charge in [-0.3, -0.25) is 4.79 Å². The summed E-state index contributed by atoms with van der Waals surface area (Å²) in [6.45, 7) is 1.77. The van der Waals surface area contributed by atoms with Crippen LogP contribution in [0.1, 0.15) is 23.7 Å². The number of nitrogens with one attached hydrogen (secondary N) is 1. The van der Waals surface area contributed by atoms with Gasteiger partial charge < -0.3 is 5.32 Å². The summed E-state index contributed by atoms with van der Waals surface area (Å²) in [6.07, 6.45) is 0.486. The maximum absolute atomic E-state index is 13.4. The molecule has 1 amide bonds. The van der Waals surface area contributed by atoms with E-state index in [0.717, 1.165) is 0 Å². The highest BCUT2D eigenvalue weighted by molar-refractivity contribution is 9.10. The van der Waals surface area contributed by atoms with E-state index >= 15 is 0 Å². The maximum Gasteiger partial charge on any atom is 0.255 e. The molecule has 0 saturated heterocycles. The second kappa shape index (κ2) is 5.61. The Morgan fingerprint density at radius 1 is 1.69 bits per heavy atom. The Balaban J connectivity index is 2.85. The van der Waals surface area contributed by atoms with Crippen molar-refractivity contribution in [3.63, 3.8) is 0 Å². The van der Waals surface area contributed by atoms with Crippen molar-refractivity contribution >= 4 is 21.8 Å². The number of halogens is 2. The van der Waals surface area contributed by atoms with Gasteiger partial charge >= 0.3 is 0 Å². The van der Waals surface area contributed by atoms with Crippen molar-refractivity contribution in [1.29, 1.82) is 5.26 Å². The Morgan fingerprint density at radius 3 is 2.88 bits per heavy atom. The molecule has 0 bridgehead atoms. The number of hydrogen-bond donors (Lipinski definition) is 1. The van der Waals surface area contributed by atoms with Crippen LogP contribution in [0.25, 0.3) is 0 Å². The van der Waals surface area contributed by atoms with E-state index in [4.69, 9.17) is 5.26 Å². The van der Waals surface area contributed by atoms with E-state index in [2.05, 4.69) is 21.2 Å². The van der Waals surface area contributed by atoms with E-state index in [1.165, 1.54) is 12.1 Å². The summed E-state index contributed by atoms with van der Waals surface area (Å²) in [5.74, 6) is -1.18. The largest absolute Gasteiger partial charge is 0.336 e. The lowest BCUT2D eigenvalue weighted by Gasteiger charge is -2.09. The minimum Gasteiger partial charge on any atom is -0.336 e. The van der Waals surface area contributed by atoms with Crippen molar-refractivity contribution in [1.82, 2.24) is 5.32 Å². The first-order chi connectivity index (χ1) is 7.58. The van der Waals surface area contributed by atoms with Gasteiger partial charge in [0.15, 0.2) is 0 Å².